The molecule has 1 heterocycles. The van der Waals surface area contributed by atoms with Gasteiger partial charge in [-0.3, -0.25) is 14.5 Å². The van der Waals surface area contributed by atoms with Crippen molar-refractivity contribution < 1.29 is 19.1 Å². The first-order valence-corrected chi connectivity index (χ1v) is 12.7. The average molecular weight is 520 g/mol. The molecule has 36 heavy (non-hydrogen) atoms. The van der Waals surface area contributed by atoms with Crippen LogP contribution in [0.25, 0.3) is 6.08 Å². The first kappa shape index (κ1) is 25.6. The summed E-state index contributed by atoms with van der Waals surface area (Å²) in [6.07, 6.45) is 4.08. The molecule has 0 bridgehead atoms. The van der Waals surface area contributed by atoms with Crippen LogP contribution in [-0.2, 0) is 24.4 Å². The van der Waals surface area contributed by atoms with E-state index in [1.165, 1.54) is 4.90 Å². The molecule has 4 rings (SSSR count). The number of hydrogen-bond acceptors (Lipinski definition) is 5. The maximum Gasteiger partial charge on any atom is 0.293 e. The Morgan fingerprint density at radius 1 is 1.00 bits per heavy atom. The third-order valence-electron chi connectivity index (χ3n) is 5.47. The summed E-state index contributed by atoms with van der Waals surface area (Å²) in [5.74, 6) is 0.903. The third kappa shape index (κ3) is 6.20. The smallest absolute Gasteiger partial charge is 0.293 e. The second-order valence-electron chi connectivity index (χ2n) is 8.10. The van der Waals surface area contributed by atoms with Crippen LogP contribution in [0, 0.1) is 0 Å². The Morgan fingerprint density at radius 2 is 1.75 bits per heavy atom. The summed E-state index contributed by atoms with van der Waals surface area (Å²) >= 11 is 6.87. The lowest BCUT2D eigenvalue weighted by atomic mass is 10.0. The zero-order valence-electron chi connectivity index (χ0n) is 19.9. The maximum atomic E-state index is 13.1. The van der Waals surface area contributed by atoms with E-state index >= 15 is 0 Å². The Balaban J connectivity index is 1.61. The molecule has 3 aromatic rings. The van der Waals surface area contributed by atoms with Crippen LogP contribution in [0.3, 0.4) is 0 Å². The zero-order valence-corrected chi connectivity index (χ0v) is 21.5. The Hall–Kier alpha value is -3.48. The predicted octanol–water partition coefficient (Wildman–Crippen LogP) is 7.28. The van der Waals surface area contributed by atoms with Crippen LogP contribution in [0.4, 0.5) is 4.79 Å². The number of thioether (sulfide) groups is 1. The van der Waals surface area contributed by atoms with Gasteiger partial charge < -0.3 is 9.47 Å². The minimum atomic E-state index is -0.326. The van der Waals surface area contributed by atoms with Gasteiger partial charge in [0.2, 0.25) is 0 Å². The summed E-state index contributed by atoms with van der Waals surface area (Å²) in [6.45, 7) is 6.82. The third-order valence-corrected chi connectivity index (χ3v) is 6.63. The van der Waals surface area contributed by atoms with Gasteiger partial charge in [0.1, 0.15) is 6.61 Å². The number of allylic oxidation sites excluding steroid dienone is 1. The molecular weight excluding hydrogens is 494 g/mol. The van der Waals surface area contributed by atoms with Crippen molar-refractivity contribution in [2.24, 2.45) is 0 Å². The summed E-state index contributed by atoms with van der Waals surface area (Å²) in [5.41, 5.74) is 3.51. The summed E-state index contributed by atoms with van der Waals surface area (Å²) in [4.78, 5) is 27.3. The van der Waals surface area contributed by atoms with Crippen molar-refractivity contribution in [1.82, 2.24) is 4.90 Å². The highest BCUT2D eigenvalue weighted by molar-refractivity contribution is 8.18. The van der Waals surface area contributed by atoms with E-state index in [1.807, 2.05) is 49.4 Å². The molecule has 0 atom stereocenters. The lowest BCUT2D eigenvalue weighted by molar-refractivity contribution is -0.123. The Morgan fingerprint density at radius 3 is 2.44 bits per heavy atom. The molecule has 0 N–H and O–H groups in total. The number of carbonyl (C=O) groups excluding carboxylic acids is 2. The normalized spacial score (nSPS) is 14.4. The van der Waals surface area contributed by atoms with E-state index in [1.54, 1.807) is 36.4 Å². The summed E-state index contributed by atoms with van der Waals surface area (Å²) in [6, 6.07) is 20.8. The van der Waals surface area contributed by atoms with Crippen LogP contribution >= 0.6 is 23.4 Å². The number of halogens is 1. The molecule has 0 aliphatic carbocycles. The molecule has 7 heteroatoms. The highest BCUT2D eigenvalue weighted by atomic mass is 35.5. The standard InChI is InChI=1S/C29H26ClNO4S/c1-3-8-23-15-22(16-25(34-4-2)27(23)35-19-21-9-6-5-7-10-21)17-26-28(32)31(29(33)36-26)18-20-11-13-24(30)14-12-20/h3,5-7,9-17H,1,4,8,18-19H2,2H3/b26-17-. The van der Waals surface area contributed by atoms with E-state index in [4.69, 9.17) is 21.1 Å². The van der Waals surface area contributed by atoms with E-state index in [2.05, 4.69) is 6.58 Å². The van der Waals surface area contributed by atoms with E-state index in [0.29, 0.717) is 41.1 Å². The van der Waals surface area contributed by atoms with Gasteiger partial charge in [-0.2, -0.15) is 0 Å². The van der Waals surface area contributed by atoms with Crippen LogP contribution in [-0.4, -0.2) is 22.7 Å². The van der Waals surface area contributed by atoms with Crippen molar-refractivity contribution in [3.63, 3.8) is 0 Å². The van der Waals surface area contributed by atoms with Gasteiger partial charge >= 0.3 is 0 Å². The van der Waals surface area contributed by atoms with Gasteiger partial charge in [-0.05, 0) is 72.1 Å². The van der Waals surface area contributed by atoms with E-state index in [9.17, 15) is 9.59 Å². The molecule has 0 saturated carbocycles. The number of benzene rings is 3. The minimum Gasteiger partial charge on any atom is -0.490 e. The molecule has 1 aliphatic rings. The molecule has 0 spiro atoms. The minimum absolute atomic E-state index is 0.192. The average Bonchev–Trinajstić information content (AvgIpc) is 3.13. The second-order valence-corrected chi connectivity index (χ2v) is 9.53. The molecule has 0 aromatic heterocycles. The number of hydrogen-bond donors (Lipinski definition) is 0. The van der Waals surface area contributed by atoms with Crippen LogP contribution in [0.15, 0.2) is 84.3 Å². The van der Waals surface area contributed by atoms with Gasteiger partial charge in [-0.1, -0.05) is 60.1 Å². The van der Waals surface area contributed by atoms with Crippen LogP contribution in [0.2, 0.25) is 5.02 Å². The highest BCUT2D eigenvalue weighted by Gasteiger charge is 2.35. The van der Waals surface area contributed by atoms with Crippen LogP contribution in [0.1, 0.15) is 29.2 Å². The molecule has 0 radical (unpaired) electrons. The SMILES string of the molecule is C=CCc1cc(/C=C2\SC(=O)N(Cc3ccc(Cl)cc3)C2=O)cc(OCC)c1OCc1ccccc1. The first-order chi connectivity index (χ1) is 17.5. The predicted molar refractivity (Wildman–Crippen MR) is 145 cm³/mol. The quantitative estimate of drug-likeness (QED) is 0.208. The monoisotopic (exact) mass is 519 g/mol. The summed E-state index contributed by atoms with van der Waals surface area (Å²) in [5, 5.41) is 0.296. The van der Waals surface area contributed by atoms with Gasteiger partial charge in [0.05, 0.1) is 18.1 Å². The molecule has 184 valence electrons. The zero-order chi connectivity index (χ0) is 25.5. The fourth-order valence-corrected chi connectivity index (χ4v) is 4.75. The molecule has 5 nitrogen and oxygen atoms in total. The first-order valence-electron chi connectivity index (χ1n) is 11.6. The number of carbonyl (C=O) groups is 2. The van der Waals surface area contributed by atoms with Gasteiger partial charge in [-0.25, -0.2) is 0 Å². The van der Waals surface area contributed by atoms with Crippen molar-refractivity contribution in [2.45, 2.75) is 26.5 Å². The molecule has 2 amide bonds. The topological polar surface area (TPSA) is 55.8 Å². The summed E-state index contributed by atoms with van der Waals surface area (Å²) < 4.78 is 12.1. The van der Waals surface area contributed by atoms with Crippen molar-refractivity contribution in [3.05, 3.63) is 112 Å². The molecule has 3 aromatic carbocycles. The number of ether oxygens (including phenoxy) is 2. The van der Waals surface area contributed by atoms with Crippen molar-refractivity contribution >= 4 is 40.6 Å². The Bertz CT molecular complexity index is 1290. The van der Waals surface area contributed by atoms with Gasteiger partial charge in [0.25, 0.3) is 11.1 Å². The van der Waals surface area contributed by atoms with Crippen molar-refractivity contribution in [1.29, 1.82) is 0 Å². The van der Waals surface area contributed by atoms with Gasteiger partial charge in [0, 0.05) is 10.6 Å². The fourth-order valence-electron chi connectivity index (χ4n) is 3.79. The summed E-state index contributed by atoms with van der Waals surface area (Å²) in [7, 11) is 0. The molecule has 1 fully saturated rings. The largest absolute Gasteiger partial charge is 0.490 e. The van der Waals surface area contributed by atoms with E-state index < -0.39 is 0 Å². The van der Waals surface area contributed by atoms with E-state index in [0.717, 1.165) is 34.0 Å². The number of amides is 2. The Kier molecular flexibility index (Phi) is 8.52. The molecule has 0 unspecified atom stereocenters. The number of nitrogens with zero attached hydrogens (tertiary/aromatic N) is 1. The lowest BCUT2D eigenvalue weighted by Crippen LogP contribution is -2.27. The Labute approximate surface area is 220 Å². The van der Waals surface area contributed by atoms with Crippen molar-refractivity contribution in [2.75, 3.05) is 6.61 Å². The maximum absolute atomic E-state index is 13.1. The lowest BCUT2D eigenvalue weighted by Gasteiger charge is -2.17. The van der Waals surface area contributed by atoms with Crippen molar-refractivity contribution in [3.8, 4) is 11.5 Å². The fraction of sp³-hybridized carbons (Fsp3) is 0.172. The number of imide groups is 1. The number of rotatable bonds is 10. The highest BCUT2D eigenvalue weighted by Crippen LogP contribution is 2.38. The van der Waals surface area contributed by atoms with Gasteiger partial charge in [-0.15, -0.1) is 6.58 Å². The molecular formula is C29H26ClNO4S. The van der Waals surface area contributed by atoms with Crippen LogP contribution < -0.4 is 9.47 Å². The molecule has 1 saturated heterocycles. The van der Waals surface area contributed by atoms with Crippen LogP contribution in [0.5, 0.6) is 11.5 Å². The van der Waals surface area contributed by atoms with Gasteiger partial charge in [0.15, 0.2) is 11.5 Å². The second kappa shape index (κ2) is 12.0. The van der Waals surface area contributed by atoms with E-state index in [-0.39, 0.29) is 17.7 Å². The molecule has 1 aliphatic heterocycles.